The van der Waals surface area contributed by atoms with Crippen molar-refractivity contribution in [1.29, 1.82) is 0 Å². The van der Waals surface area contributed by atoms with Crippen molar-refractivity contribution < 1.29 is 4.74 Å². The number of methoxy groups -OCH3 is 1. The van der Waals surface area contributed by atoms with Crippen LogP contribution in [0.15, 0.2) is 24.4 Å². The number of aryl methyl sites for hydroxylation is 1. The van der Waals surface area contributed by atoms with Gasteiger partial charge in [-0.2, -0.15) is 0 Å². The highest BCUT2D eigenvalue weighted by molar-refractivity contribution is 7.15. The van der Waals surface area contributed by atoms with E-state index in [2.05, 4.69) is 24.0 Å². The Morgan fingerprint density at radius 2 is 2.22 bits per heavy atom. The van der Waals surface area contributed by atoms with E-state index in [1.165, 1.54) is 5.56 Å². The number of thiazole rings is 1. The normalized spacial score (nSPS) is 10.6. The molecule has 0 fully saturated rings. The van der Waals surface area contributed by atoms with Crippen LogP contribution in [0.5, 0.6) is 5.75 Å². The van der Waals surface area contributed by atoms with Crippen LogP contribution >= 0.6 is 11.3 Å². The predicted octanol–water partition coefficient (Wildman–Crippen LogP) is 2.88. The molecule has 1 aromatic heterocycles. The van der Waals surface area contributed by atoms with Gasteiger partial charge in [0.25, 0.3) is 0 Å². The van der Waals surface area contributed by atoms with E-state index < -0.39 is 0 Å². The van der Waals surface area contributed by atoms with Crippen LogP contribution in [0.2, 0.25) is 0 Å². The third-order valence-electron chi connectivity index (χ3n) is 2.85. The molecule has 1 heterocycles. The van der Waals surface area contributed by atoms with Gasteiger partial charge in [-0.05, 0) is 30.7 Å². The van der Waals surface area contributed by atoms with Gasteiger partial charge in [-0.15, -0.1) is 11.3 Å². The first-order valence-corrected chi connectivity index (χ1v) is 6.92. The van der Waals surface area contributed by atoms with E-state index in [1.54, 1.807) is 18.4 Å². The van der Waals surface area contributed by atoms with Crippen LogP contribution in [0.4, 0.5) is 0 Å². The van der Waals surface area contributed by atoms with Crippen molar-refractivity contribution in [2.75, 3.05) is 13.7 Å². The fourth-order valence-electron chi connectivity index (χ4n) is 1.84. The van der Waals surface area contributed by atoms with Gasteiger partial charge in [0.05, 0.1) is 17.0 Å². The first kappa shape index (κ1) is 13.1. The highest BCUT2D eigenvalue weighted by Crippen LogP contribution is 2.34. The summed E-state index contributed by atoms with van der Waals surface area (Å²) in [6.45, 7) is 2.79. The van der Waals surface area contributed by atoms with Crippen LogP contribution in [0.25, 0.3) is 10.4 Å². The second-order valence-corrected chi connectivity index (χ2v) is 5.16. The van der Waals surface area contributed by atoms with Gasteiger partial charge in [0, 0.05) is 18.2 Å². The Labute approximate surface area is 112 Å². The lowest BCUT2D eigenvalue weighted by Crippen LogP contribution is -2.01. The number of aromatic nitrogens is 1. The summed E-state index contributed by atoms with van der Waals surface area (Å²) < 4.78 is 5.42. The Morgan fingerprint density at radius 3 is 2.89 bits per heavy atom. The van der Waals surface area contributed by atoms with Crippen molar-refractivity contribution in [1.82, 2.24) is 4.98 Å². The first-order chi connectivity index (χ1) is 8.78. The number of nitrogens with two attached hydrogens (primary N) is 1. The van der Waals surface area contributed by atoms with Crippen molar-refractivity contribution in [3.63, 3.8) is 0 Å². The number of hydrogen-bond acceptors (Lipinski definition) is 4. The van der Waals surface area contributed by atoms with E-state index in [4.69, 9.17) is 10.5 Å². The maximum atomic E-state index is 5.55. The molecule has 0 saturated heterocycles. The quantitative estimate of drug-likeness (QED) is 0.901. The van der Waals surface area contributed by atoms with E-state index in [0.29, 0.717) is 6.54 Å². The van der Waals surface area contributed by atoms with Crippen LogP contribution in [-0.2, 0) is 12.8 Å². The number of nitrogens with zero attached hydrogens (tertiary/aromatic N) is 1. The maximum Gasteiger partial charge on any atom is 0.127 e. The van der Waals surface area contributed by atoms with Crippen LogP contribution in [0, 0.1) is 0 Å². The Morgan fingerprint density at radius 1 is 1.39 bits per heavy atom. The molecule has 0 aliphatic rings. The fourth-order valence-corrected chi connectivity index (χ4v) is 2.80. The van der Waals surface area contributed by atoms with E-state index in [9.17, 15) is 0 Å². The lowest BCUT2D eigenvalue weighted by Gasteiger charge is -2.08. The molecule has 2 rings (SSSR count). The van der Waals surface area contributed by atoms with Gasteiger partial charge in [-0.3, -0.25) is 0 Å². The molecule has 0 unspecified atom stereocenters. The smallest absolute Gasteiger partial charge is 0.127 e. The lowest BCUT2D eigenvalue weighted by molar-refractivity contribution is 0.416. The van der Waals surface area contributed by atoms with Crippen LogP contribution < -0.4 is 10.5 Å². The molecule has 0 radical (unpaired) electrons. The molecular weight excluding hydrogens is 244 g/mol. The van der Waals surface area contributed by atoms with Crippen molar-refractivity contribution >= 4 is 11.3 Å². The molecular formula is C14H18N2OS. The van der Waals surface area contributed by atoms with Crippen molar-refractivity contribution in [2.24, 2.45) is 5.73 Å². The molecule has 2 N–H and O–H groups in total. The summed E-state index contributed by atoms with van der Waals surface area (Å²) in [4.78, 5) is 5.54. The number of hydrogen-bond donors (Lipinski definition) is 1. The third kappa shape index (κ3) is 2.71. The summed E-state index contributed by atoms with van der Waals surface area (Å²) in [7, 11) is 1.70. The van der Waals surface area contributed by atoms with E-state index in [0.717, 1.165) is 34.0 Å². The Balaban J connectivity index is 2.40. The average Bonchev–Trinajstić information content (AvgIpc) is 2.87. The highest BCUT2D eigenvalue weighted by atomic mass is 32.1. The van der Waals surface area contributed by atoms with Gasteiger partial charge in [0.1, 0.15) is 5.75 Å². The van der Waals surface area contributed by atoms with Crippen LogP contribution in [-0.4, -0.2) is 18.6 Å². The van der Waals surface area contributed by atoms with Gasteiger partial charge >= 0.3 is 0 Å². The van der Waals surface area contributed by atoms with Crippen molar-refractivity contribution in [3.8, 4) is 16.2 Å². The van der Waals surface area contributed by atoms with E-state index >= 15 is 0 Å². The number of rotatable bonds is 5. The lowest BCUT2D eigenvalue weighted by atomic mass is 10.1. The van der Waals surface area contributed by atoms with Gasteiger partial charge < -0.3 is 10.5 Å². The van der Waals surface area contributed by atoms with Crippen molar-refractivity contribution in [3.05, 3.63) is 35.0 Å². The molecule has 0 aliphatic carbocycles. The Kier molecular flexibility index (Phi) is 4.33. The van der Waals surface area contributed by atoms with Gasteiger partial charge in [-0.1, -0.05) is 13.0 Å². The second-order valence-electron chi connectivity index (χ2n) is 4.05. The zero-order valence-electron chi connectivity index (χ0n) is 10.8. The first-order valence-electron chi connectivity index (χ1n) is 6.10. The molecule has 0 amide bonds. The number of benzene rings is 1. The largest absolute Gasteiger partial charge is 0.496 e. The molecule has 0 atom stereocenters. The SMILES string of the molecule is CCc1ccc(OC)c(-c2cnc(CCN)s2)c1. The molecule has 96 valence electrons. The van der Waals surface area contributed by atoms with Gasteiger partial charge in [0.15, 0.2) is 0 Å². The summed E-state index contributed by atoms with van der Waals surface area (Å²) in [6, 6.07) is 6.30. The fraction of sp³-hybridized carbons (Fsp3) is 0.357. The molecule has 18 heavy (non-hydrogen) atoms. The molecule has 0 saturated carbocycles. The summed E-state index contributed by atoms with van der Waals surface area (Å²) in [6.07, 6.45) is 3.76. The van der Waals surface area contributed by atoms with Crippen molar-refractivity contribution in [2.45, 2.75) is 19.8 Å². The maximum absolute atomic E-state index is 5.55. The minimum absolute atomic E-state index is 0.638. The Hall–Kier alpha value is -1.39. The third-order valence-corrected chi connectivity index (χ3v) is 3.94. The predicted molar refractivity (Wildman–Crippen MR) is 76.2 cm³/mol. The van der Waals surface area contributed by atoms with Gasteiger partial charge in [-0.25, -0.2) is 4.98 Å². The van der Waals surface area contributed by atoms with Crippen LogP contribution in [0.3, 0.4) is 0 Å². The van der Waals surface area contributed by atoms with E-state index in [-0.39, 0.29) is 0 Å². The zero-order valence-corrected chi connectivity index (χ0v) is 11.6. The highest BCUT2D eigenvalue weighted by Gasteiger charge is 2.10. The molecule has 0 aliphatic heterocycles. The minimum Gasteiger partial charge on any atom is -0.496 e. The molecule has 3 nitrogen and oxygen atoms in total. The molecule has 0 bridgehead atoms. The summed E-state index contributed by atoms with van der Waals surface area (Å²) in [5, 5.41) is 1.08. The zero-order chi connectivity index (χ0) is 13.0. The Bertz CT molecular complexity index is 522. The summed E-state index contributed by atoms with van der Waals surface area (Å²) in [5.41, 5.74) is 7.98. The minimum atomic E-state index is 0.638. The summed E-state index contributed by atoms with van der Waals surface area (Å²) in [5.74, 6) is 0.898. The van der Waals surface area contributed by atoms with Gasteiger partial charge in [0.2, 0.25) is 0 Å². The standard InChI is InChI=1S/C14H18N2OS/c1-3-10-4-5-12(17-2)11(8-10)13-9-16-14(18-13)6-7-15/h4-5,8-9H,3,6-7,15H2,1-2H3. The summed E-state index contributed by atoms with van der Waals surface area (Å²) >= 11 is 1.69. The number of ether oxygens (including phenoxy) is 1. The van der Waals surface area contributed by atoms with Crippen LogP contribution in [0.1, 0.15) is 17.5 Å². The molecule has 4 heteroatoms. The molecule has 1 aromatic carbocycles. The molecule has 0 spiro atoms. The monoisotopic (exact) mass is 262 g/mol. The second kappa shape index (κ2) is 5.98. The average molecular weight is 262 g/mol. The molecule has 2 aromatic rings. The van der Waals surface area contributed by atoms with E-state index in [1.807, 2.05) is 12.3 Å². The topological polar surface area (TPSA) is 48.1 Å².